The standard InChI is InChI=1S/C21H33N5O3Si/c1-21(2,3)29-20(28)23-17(19(27)22-14-16-10-8-7-9-11-16)12-13-26-15-18(24-25-26)30(4,5)6/h7-11,15,17H,12-14H2,1-6H3,(H,22,27)(H,23,28)/t17-/m0/s1. The number of aromatic nitrogens is 3. The van der Waals surface area contributed by atoms with Crippen molar-refractivity contribution >= 4 is 25.4 Å². The highest BCUT2D eigenvalue weighted by molar-refractivity contribution is 6.88. The summed E-state index contributed by atoms with van der Waals surface area (Å²) >= 11 is 0. The van der Waals surface area contributed by atoms with Crippen LogP contribution in [0.15, 0.2) is 36.5 Å². The molecule has 1 heterocycles. The third-order valence-corrected chi connectivity index (χ3v) is 6.04. The van der Waals surface area contributed by atoms with E-state index in [1.54, 1.807) is 25.5 Å². The first-order chi connectivity index (χ1) is 13.9. The molecule has 0 fully saturated rings. The number of hydrogen-bond acceptors (Lipinski definition) is 5. The number of ether oxygens (including phenoxy) is 1. The Balaban J connectivity index is 2.03. The summed E-state index contributed by atoms with van der Waals surface area (Å²) in [6.07, 6.45) is 1.68. The molecule has 0 aliphatic heterocycles. The van der Waals surface area contributed by atoms with Gasteiger partial charge < -0.3 is 15.4 Å². The molecule has 9 heteroatoms. The SMILES string of the molecule is CC(C)(C)OC(=O)N[C@@H](CCn1cc([Si](C)(C)C)nn1)C(=O)NCc1ccccc1. The maximum absolute atomic E-state index is 12.8. The lowest BCUT2D eigenvalue weighted by molar-refractivity contribution is -0.123. The molecule has 0 unspecified atom stereocenters. The average Bonchev–Trinajstić information content (AvgIpc) is 3.12. The minimum Gasteiger partial charge on any atom is -0.444 e. The predicted octanol–water partition coefficient (Wildman–Crippen LogP) is 2.42. The number of benzene rings is 1. The van der Waals surface area contributed by atoms with E-state index in [4.69, 9.17) is 4.74 Å². The molecule has 2 N–H and O–H groups in total. The van der Waals surface area contributed by atoms with Gasteiger partial charge in [-0.25, -0.2) is 4.79 Å². The Hall–Kier alpha value is -2.68. The van der Waals surface area contributed by atoms with Crippen molar-refractivity contribution in [3.8, 4) is 0 Å². The summed E-state index contributed by atoms with van der Waals surface area (Å²) in [5.41, 5.74) is 0.339. The zero-order chi connectivity index (χ0) is 22.4. The lowest BCUT2D eigenvalue weighted by atomic mass is 10.1. The van der Waals surface area contributed by atoms with Crippen molar-refractivity contribution in [1.82, 2.24) is 25.6 Å². The van der Waals surface area contributed by atoms with Crippen LogP contribution < -0.4 is 16.0 Å². The second-order valence-electron chi connectivity index (χ2n) is 9.31. The fraction of sp³-hybridized carbons (Fsp3) is 0.524. The third kappa shape index (κ3) is 7.98. The van der Waals surface area contributed by atoms with Crippen molar-refractivity contribution in [3.05, 3.63) is 42.1 Å². The van der Waals surface area contributed by atoms with Crippen LogP contribution in [0.3, 0.4) is 0 Å². The molecule has 1 atom stereocenters. The fourth-order valence-electron chi connectivity index (χ4n) is 2.64. The van der Waals surface area contributed by atoms with Gasteiger partial charge in [-0.1, -0.05) is 55.2 Å². The maximum Gasteiger partial charge on any atom is 0.408 e. The van der Waals surface area contributed by atoms with Crippen molar-refractivity contribution < 1.29 is 14.3 Å². The lowest BCUT2D eigenvalue weighted by Crippen LogP contribution is -2.48. The second-order valence-corrected chi connectivity index (χ2v) is 14.3. The van der Waals surface area contributed by atoms with Crippen LogP contribution in [0.25, 0.3) is 0 Å². The van der Waals surface area contributed by atoms with Gasteiger partial charge in [-0.05, 0) is 32.8 Å². The molecule has 0 aliphatic carbocycles. The Kier molecular flexibility index (Phi) is 7.77. The van der Waals surface area contributed by atoms with E-state index < -0.39 is 25.8 Å². The van der Waals surface area contributed by atoms with Gasteiger partial charge in [0.25, 0.3) is 0 Å². The Morgan fingerprint density at radius 1 is 1.17 bits per heavy atom. The van der Waals surface area contributed by atoms with Gasteiger partial charge in [0, 0.05) is 19.3 Å². The van der Waals surface area contributed by atoms with Crippen molar-refractivity contribution in [1.29, 1.82) is 0 Å². The van der Waals surface area contributed by atoms with Gasteiger partial charge in [0.05, 0.1) is 5.32 Å². The molecular weight excluding hydrogens is 398 g/mol. The van der Waals surface area contributed by atoms with Crippen LogP contribution in [0.2, 0.25) is 19.6 Å². The molecule has 0 radical (unpaired) electrons. The number of alkyl carbamates (subject to hydrolysis) is 1. The summed E-state index contributed by atoms with van der Waals surface area (Å²) in [4.78, 5) is 25.0. The first-order valence-electron chi connectivity index (χ1n) is 10.2. The van der Waals surface area contributed by atoms with E-state index in [1.807, 2.05) is 36.5 Å². The van der Waals surface area contributed by atoms with Crippen LogP contribution in [0.1, 0.15) is 32.8 Å². The first-order valence-corrected chi connectivity index (χ1v) is 13.7. The number of hydrogen-bond donors (Lipinski definition) is 2. The van der Waals surface area contributed by atoms with E-state index in [2.05, 4.69) is 40.6 Å². The molecule has 0 saturated heterocycles. The van der Waals surface area contributed by atoms with Crippen LogP contribution in [0.4, 0.5) is 4.79 Å². The summed E-state index contributed by atoms with van der Waals surface area (Å²) in [5.74, 6) is -0.268. The number of carbonyl (C=O) groups excluding carboxylic acids is 2. The van der Waals surface area contributed by atoms with Gasteiger partial charge in [-0.2, -0.15) is 0 Å². The summed E-state index contributed by atoms with van der Waals surface area (Å²) in [7, 11) is -1.56. The molecule has 8 nitrogen and oxygen atoms in total. The second kappa shape index (κ2) is 9.88. The highest BCUT2D eigenvalue weighted by Crippen LogP contribution is 2.08. The van der Waals surface area contributed by atoms with Gasteiger partial charge in [0.1, 0.15) is 19.7 Å². The first kappa shape index (κ1) is 23.6. The Labute approximate surface area is 179 Å². The molecule has 2 aromatic rings. The van der Waals surface area contributed by atoms with Crippen molar-refractivity contribution in [2.75, 3.05) is 0 Å². The van der Waals surface area contributed by atoms with Gasteiger partial charge in [-0.15, -0.1) is 5.10 Å². The highest BCUT2D eigenvalue weighted by atomic mass is 28.3. The van der Waals surface area contributed by atoms with E-state index in [0.29, 0.717) is 19.5 Å². The molecule has 2 amide bonds. The average molecular weight is 432 g/mol. The molecule has 1 aromatic carbocycles. The van der Waals surface area contributed by atoms with Crippen LogP contribution >= 0.6 is 0 Å². The number of rotatable bonds is 8. The number of nitrogens with one attached hydrogen (secondary N) is 2. The van der Waals surface area contributed by atoms with Crippen molar-refractivity contribution in [2.45, 2.75) is 71.6 Å². The summed E-state index contributed by atoms with van der Waals surface area (Å²) in [5, 5.41) is 15.0. The monoisotopic (exact) mass is 431 g/mol. The van der Waals surface area contributed by atoms with Crippen molar-refractivity contribution in [3.63, 3.8) is 0 Å². The number of carbonyl (C=O) groups is 2. The molecule has 0 spiro atoms. The van der Waals surface area contributed by atoms with Crippen LogP contribution in [0.5, 0.6) is 0 Å². The molecule has 30 heavy (non-hydrogen) atoms. The highest BCUT2D eigenvalue weighted by Gasteiger charge is 2.25. The lowest BCUT2D eigenvalue weighted by Gasteiger charge is -2.23. The van der Waals surface area contributed by atoms with Gasteiger partial charge in [0.15, 0.2) is 0 Å². The van der Waals surface area contributed by atoms with Crippen molar-refractivity contribution in [2.24, 2.45) is 0 Å². The van der Waals surface area contributed by atoms with E-state index in [0.717, 1.165) is 10.9 Å². The third-order valence-electron chi connectivity index (χ3n) is 4.27. The summed E-state index contributed by atoms with van der Waals surface area (Å²) in [6, 6.07) is 8.87. The molecule has 0 saturated carbocycles. The molecular formula is C21H33N5O3Si. The topological polar surface area (TPSA) is 98.1 Å². The van der Waals surface area contributed by atoms with Crippen LogP contribution in [-0.2, 0) is 22.6 Å². The zero-order valence-electron chi connectivity index (χ0n) is 18.7. The zero-order valence-corrected chi connectivity index (χ0v) is 19.7. The largest absolute Gasteiger partial charge is 0.444 e. The molecule has 1 aromatic heterocycles. The van der Waals surface area contributed by atoms with E-state index in [1.165, 1.54) is 0 Å². The van der Waals surface area contributed by atoms with Crippen LogP contribution in [0, 0.1) is 0 Å². The number of aryl methyl sites for hydroxylation is 1. The van der Waals surface area contributed by atoms with E-state index in [9.17, 15) is 9.59 Å². The minimum atomic E-state index is -1.56. The Morgan fingerprint density at radius 3 is 2.40 bits per heavy atom. The number of amides is 2. The fourth-order valence-corrected chi connectivity index (χ4v) is 3.52. The quantitative estimate of drug-likeness (QED) is 0.626. The smallest absolute Gasteiger partial charge is 0.408 e. The predicted molar refractivity (Wildman–Crippen MR) is 119 cm³/mol. The normalized spacial score (nSPS) is 12.9. The molecule has 164 valence electrons. The molecule has 0 aliphatic rings. The van der Waals surface area contributed by atoms with Gasteiger partial charge in [-0.3, -0.25) is 9.48 Å². The van der Waals surface area contributed by atoms with Crippen LogP contribution in [-0.4, -0.2) is 46.7 Å². The molecule has 2 rings (SSSR count). The maximum atomic E-state index is 12.8. The Morgan fingerprint density at radius 2 is 1.83 bits per heavy atom. The van der Waals surface area contributed by atoms with E-state index >= 15 is 0 Å². The summed E-state index contributed by atoms with van der Waals surface area (Å²) in [6.45, 7) is 12.8. The van der Waals surface area contributed by atoms with E-state index in [-0.39, 0.29) is 5.91 Å². The minimum absolute atomic E-state index is 0.268. The number of nitrogens with zero attached hydrogens (tertiary/aromatic N) is 3. The molecule has 0 bridgehead atoms. The Bertz CT molecular complexity index is 840. The van der Waals surface area contributed by atoms with Gasteiger partial charge in [0.2, 0.25) is 5.91 Å². The summed E-state index contributed by atoms with van der Waals surface area (Å²) < 4.78 is 7.05. The van der Waals surface area contributed by atoms with Gasteiger partial charge >= 0.3 is 6.09 Å².